The van der Waals surface area contributed by atoms with Crippen LogP contribution >= 0.6 is 0 Å². The van der Waals surface area contributed by atoms with Gasteiger partial charge in [0.2, 0.25) is 11.8 Å². The number of rotatable bonds is 9. The standard InChI is InChI=1S/C24H38N4O2/c1-4-19(5-2)6-7-23(29)26(3)16-20-10-14-28(17-20)24(30)21-11-15-27(18-21)22-8-12-25-13-9-22/h8-9,12-13,19-21H,4-7,10-11,14-18H2,1-3H3. The average molecular weight is 415 g/mol. The molecule has 2 aliphatic heterocycles. The van der Waals surface area contributed by atoms with E-state index in [0.29, 0.717) is 18.3 Å². The molecule has 30 heavy (non-hydrogen) atoms. The molecule has 2 saturated heterocycles. The van der Waals surface area contributed by atoms with Gasteiger partial charge in [0.15, 0.2) is 0 Å². The number of likely N-dealkylation sites (tertiary alicyclic amines) is 1. The summed E-state index contributed by atoms with van der Waals surface area (Å²) in [6, 6.07) is 4.02. The molecule has 0 N–H and O–H groups in total. The van der Waals surface area contributed by atoms with E-state index in [4.69, 9.17) is 0 Å². The van der Waals surface area contributed by atoms with Gasteiger partial charge in [-0.2, -0.15) is 0 Å². The van der Waals surface area contributed by atoms with Crippen LogP contribution in [0.3, 0.4) is 0 Å². The molecule has 2 amide bonds. The number of carbonyl (C=O) groups excluding carboxylic acids is 2. The third-order valence-corrected chi connectivity index (χ3v) is 7.04. The van der Waals surface area contributed by atoms with E-state index in [1.165, 1.54) is 0 Å². The minimum atomic E-state index is 0.0799. The van der Waals surface area contributed by atoms with Crippen molar-refractivity contribution in [2.75, 3.05) is 44.7 Å². The Labute approximate surface area is 181 Å². The normalized spacial score (nSPS) is 21.5. The van der Waals surface area contributed by atoms with E-state index in [1.807, 2.05) is 29.0 Å². The number of carbonyl (C=O) groups is 2. The fourth-order valence-electron chi connectivity index (χ4n) is 4.90. The van der Waals surface area contributed by atoms with Crippen molar-refractivity contribution >= 4 is 17.5 Å². The summed E-state index contributed by atoms with van der Waals surface area (Å²) in [5.41, 5.74) is 1.15. The Kier molecular flexibility index (Phi) is 8.11. The summed E-state index contributed by atoms with van der Waals surface area (Å²) in [6.07, 6.45) is 9.44. The molecule has 2 fully saturated rings. The molecule has 3 heterocycles. The third kappa shape index (κ3) is 5.73. The summed E-state index contributed by atoms with van der Waals surface area (Å²) in [5.74, 6) is 1.66. The van der Waals surface area contributed by atoms with Crippen LogP contribution in [0, 0.1) is 17.8 Å². The second-order valence-electron chi connectivity index (χ2n) is 9.07. The number of aromatic nitrogens is 1. The van der Waals surface area contributed by atoms with Crippen LogP contribution in [-0.4, -0.2) is 66.4 Å². The predicted molar refractivity (Wildman–Crippen MR) is 120 cm³/mol. The Morgan fingerprint density at radius 1 is 1.13 bits per heavy atom. The van der Waals surface area contributed by atoms with Crippen LogP contribution in [-0.2, 0) is 9.59 Å². The Balaban J connectivity index is 1.42. The fraction of sp³-hybridized carbons (Fsp3) is 0.708. The molecule has 166 valence electrons. The van der Waals surface area contributed by atoms with Gasteiger partial charge in [0.25, 0.3) is 0 Å². The first kappa shape index (κ1) is 22.6. The smallest absolute Gasteiger partial charge is 0.227 e. The summed E-state index contributed by atoms with van der Waals surface area (Å²) in [4.78, 5) is 35.8. The molecule has 1 aromatic heterocycles. The lowest BCUT2D eigenvalue weighted by Gasteiger charge is -2.24. The van der Waals surface area contributed by atoms with Gasteiger partial charge in [0.05, 0.1) is 5.92 Å². The van der Waals surface area contributed by atoms with Crippen LogP contribution in [0.2, 0.25) is 0 Å². The lowest BCUT2D eigenvalue weighted by Crippen LogP contribution is -2.37. The number of nitrogens with zero attached hydrogens (tertiary/aromatic N) is 4. The van der Waals surface area contributed by atoms with Gasteiger partial charge in [-0.05, 0) is 43.2 Å². The number of anilines is 1. The quantitative estimate of drug-likeness (QED) is 0.621. The zero-order chi connectivity index (χ0) is 21.5. The number of pyridine rings is 1. The van der Waals surface area contributed by atoms with Gasteiger partial charge in [-0.15, -0.1) is 0 Å². The van der Waals surface area contributed by atoms with E-state index in [0.717, 1.165) is 70.5 Å². The number of amides is 2. The van der Waals surface area contributed by atoms with E-state index in [1.54, 1.807) is 12.4 Å². The molecule has 2 atom stereocenters. The van der Waals surface area contributed by atoms with Crippen molar-refractivity contribution in [3.8, 4) is 0 Å². The van der Waals surface area contributed by atoms with Gasteiger partial charge in [0, 0.05) is 64.3 Å². The molecule has 1 aromatic rings. The highest BCUT2D eigenvalue weighted by atomic mass is 16.2. The molecular formula is C24H38N4O2. The van der Waals surface area contributed by atoms with Crippen LogP contribution < -0.4 is 4.90 Å². The minimum Gasteiger partial charge on any atom is -0.371 e. The summed E-state index contributed by atoms with van der Waals surface area (Å²) in [7, 11) is 1.92. The van der Waals surface area contributed by atoms with E-state index in [-0.39, 0.29) is 17.7 Å². The zero-order valence-electron chi connectivity index (χ0n) is 18.9. The van der Waals surface area contributed by atoms with Gasteiger partial charge in [-0.3, -0.25) is 14.6 Å². The summed E-state index contributed by atoms with van der Waals surface area (Å²) >= 11 is 0. The molecule has 6 nitrogen and oxygen atoms in total. The molecule has 3 rings (SSSR count). The van der Waals surface area contributed by atoms with Crippen molar-refractivity contribution in [1.29, 1.82) is 0 Å². The molecule has 0 spiro atoms. The van der Waals surface area contributed by atoms with Crippen molar-refractivity contribution in [3.05, 3.63) is 24.5 Å². The minimum absolute atomic E-state index is 0.0799. The van der Waals surface area contributed by atoms with E-state index in [9.17, 15) is 9.59 Å². The largest absolute Gasteiger partial charge is 0.371 e. The second-order valence-corrected chi connectivity index (χ2v) is 9.07. The lowest BCUT2D eigenvalue weighted by atomic mass is 9.97. The highest BCUT2D eigenvalue weighted by molar-refractivity contribution is 5.80. The third-order valence-electron chi connectivity index (χ3n) is 7.04. The van der Waals surface area contributed by atoms with Gasteiger partial charge in [0.1, 0.15) is 0 Å². The van der Waals surface area contributed by atoms with Gasteiger partial charge >= 0.3 is 0 Å². The number of hydrogen-bond acceptors (Lipinski definition) is 4. The molecule has 0 radical (unpaired) electrons. The summed E-state index contributed by atoms with van der Waals surface area (Å²) < 4.78 is 0. The fourth-order valence-corrected chi connectivity index (χ4v) is 4.90. The van der Waals surface area contributed by atoms with Crippen LogP contribution in [0.5, 0.6) is 0 Å². The van der Waals surface area contributed by atoms with Gasteiger partial charge in [-0.1, -0.05) is 26.7 Å². The van der Waals surface area contributed by atoms with E-state index < -0.39 is 0 Å². The highest BCUT2D eigenvalue weighted by Crippen LogP contribution is 2.27. The van der Waals surface area contributed by atoms with Crippen LogP contribution in [0.15, 0.2) is 24.5 Å². The van der Waals surface area contributed by atoms with Crippen molar-refractivity contribution < 1.29 is 9.59 Å². The Bertz CT molecular complexity index is 692. The van der Waals surface area contributed by atoms with Crippen molar-refractivity contribution in [2.45, 2.75) is 52.4 Å². The average Bonchev–Trinajstić information content (AvgIpc) is 3.44. The first-order chi connectivity index (χ1) is 14.5. The van der Waals surface area contributed by atoms with Crippen molar-refractivity contribution in [1.82, 2.24) is 14.8 Å². The molecule has 0 aliphatic carbocycles. The molecule has 6 heteroatoms. The second kappa shape index (κ2) is 10.8. The topological polar surface area (TPSA) is 56.8 Å². The Morgan fingerprint density at radius 3 is 2.57 bits per heavy atom. The molecule has 2 aliphatic rings. The van der Waals surface area contributed by atoms with Crippen LogP contribution in [0.1, 0.15) is 52.4 Å². The zero-order valence-corrected chi connectivity index (χ0v) is 18.9. The molecule has 0 bridgehead atoms. The van der Waals surface area contributed by atoms with Gasteiger partial charge in [-0.25, -0.2) is 0 Å². The summed E-state index contributed by atoms with van der Waals surface area (Å²) in [5, 5.41) is 0. The first-order valence-electron chi connectivity index (χ1n) is 11.7. The summed E-state index contributed by atoms with van der Waals surface area (Å²) in [6.45, 7) is 8.49. The predicted octanol–water partition coefficient (Wildman–Crippen LogP) is 3.43. The maximum atomic E-state index is 13.0. The van der Waals surface area contributed by atoms with E-state index in [2.05, 4.69) is 23.7 Å². The molecule has 0 aromatic carbocycles. The van der Waals surface area contributed by atoms with Crippen LogP contribution in [0.25, 0.3) is 0 Å². The lowest BCUT2D eigenvalue weighted by molar-refractivity contribution is -0.133. The van der Waals surface area contributed by atoms with Gasteiger partial charge < -0.3 is 14.7 Å². The van der Waals surface area contributed by atoms with Crippen LogP contribution in [0.4, 0.5) is 5.69 Å². The van der Waals surface area contributed by atoms with E-state index >= 15 is 0 Å². The Morgan fingerprint density at radius 2 is 1.87 bits per heavy atom. The van der Waals surface area contributed by atoms with Crippen molar-refractivity contribution in [2.24, 2.45) is 17.8 Å². The number of hydrogen-bond donors (Lipinski definition) is 0. The maximum Gasteiger partial charge on any atom is 0.227 e. The molecule has 2 unspecified atom stereocenters. The monoisotopic (exact) mass is 414 g/mol. The SMILES string of the molecule is CCC(CC)CCC(=O)N(C)CC1CCN(C(=O)C2CCN(c3ccncc3)C2)C1. The maximum absolute atomic E-state index is 13.0. The molecule has 0 saturated carbocycles. The van der Waals surface area contributed by atoms with Crippen molar-refractivity contribution in [3.63, 3.8) is 0 Å². The first-order valence-corrected chi connectivity index (χ1v) is 11.7. The Hall–Kier alpha value is -2.11. The molecular weight excluding hydrogens is 376 g/mol. The highest BCUT2D eigenvalue weighted by Gasteiger charge is 2.35.